The molecule has 0 spiro atoms. The maximum Gasteiger partial charge on any atom is 0.337 e. The van der Waals surface area contributed by atoms with Gasteiger partial charge in [0.05, 0.1) is 18.2 Å². The van der Waals surface area contributed by atoms with Crippen LogP contribution in [0.1, 0.15) is 15.9 Å². The third-order valence-electron chi connectivity index (χ3n) is 1.64. The van der Waals surface area contributed by atoms with E-state index in [9.17, 15) is 9.18 Å². The number of carbonyl (C=O) groups is 1. The standard InChI is InChI=1S/C11H6FNO2/c1-15-11(14)9-4-5-10(12)8(7-9)3-2-6-13/h4-5,7H,1H3. The monoisotopic (exact) mass is 203 g/mol. The zero-order valence-electron chi connectivity index (χ0n) is 7.87. The van der Waals surface area contributed by atoms with E-state index in [1.165, 1.54) is 19.2 Å². The van der Waals surface area contributed by atoms with E-state index in [0.29, 0.717) is 0 Å². The van der Waals surface area contributed by atoms with Crippen molar-refractivity contribution in [2.45, 2.75) is 0 Å². The molecule has 0 fully saturated rings. The average molecular weight is 203 g/mol. The summed E-state index contributed by atoms with van der Waals surface area (Å²) in [5, 5.41) is 8.21. The van der Waals surface area contributed by atoms with Crippen LogP contribution in [0.4, 0.5) is 4.39 Å². The van der Waals surface area contributed by atoms with Crippen LogP contribution in [0.25, 0.3) is 0 Å². The van der Waals surface area contributed by atoms with Gasteiger partial charge in [0, 0.05) is 5.92 Å². The molecule has 0 atom stereocenters. The average Bonchev–Trinajstić information content (AvgIpc) is 2.27. The van der Waals surface area contributed by atoms with Gasteiger partial charge in [0.25, 0.3) is 0 Å². The van der Waals surface area contributed by atoms with Crippen molar-refractivity contribution in [2.24, 2.45) is 0 Å². The van der Waals surface area contributed by atoms with Crippen molar-refractivity contribution in [1.29, 1.82) is 5.26 Å². The van der Waals surface area contributed by atoms with Gasteiger partial charge >= 0.3 is 5.97 Å². The van der Waals surface area contributed by atoms with E-state index in [2.05, 4.69) is 16.6 Å². The Balaban J connectivity index is 3.18. The Morgan fingerprint density at radius 3 is 2.87 bits per heavy atom. The van der Waals surface area contributed by atoms with Crippen LogP contribution < -0.4 is 0 Å². The van der Waals surface area contributed by atoms with Gasteiger partial charge in [0.2, 0.25) is 0 Å². The highest BCUT2D eigenvalue weighted by molar-refractivity contribution is 5.89. The fourth-order valence-electron chi connectivity index (χ4n) is 0.961. The van der Waals surface area contributed by atoms with Crippen LogP contribution >= 0.6 is 0 Å². The quantitative estimate of drug-likeness (QED) is 0.513. The molecule has 0 saturated heterocycles. The van der Waals surface area contributed by atoms with Gasteiger partial charge in [-0.15, -0.1) is 0 Å². The summed E-state index contributed by atoms with van der Waals surface area (Å²) in [6, 6.07) is 5.20. The van der Waals surface area contributed by atoms with Gasteiger partial charge in [-0.05, 0) is 24.1 Å². The molecule has 0 N–H and O–H groups in total. The van der Waals surface area contributed by atoms with Crippen LogP contribution in [-0.2, 0) is 4.74 Å². The Morgan fingerprint density at radius 2 is 2.27 bits per heavy atom. The largest absolute Gasteiger partial charge is 0.465 e. The van der Waals surface area contributed by atoms with Gasteiger partial charge in [-0.1, -0.05) is 0 Å². The van der Waals surface area contributed by atoms with Gasteiger partial charge in [-0.25, -0.2) is 9.18 Å². The minimum atomic E-state index is -0.578. The molecule has 0 saturated carbocycles. The Hall–Kier alpha value is -2.33. The van der Waals surface area contributed by atoms with E-state index in [0.717, 1.165) is 6.07 Å². The van der Waals surface area contributed by atoms with Gasteiger partial charge in [0.15, 0.2) is 6.07 Å². The molecule has 0 aliphatic rings. The Kier molecular flexibility index (Phi) is 3.43. The number of hydrogen-bond donors (Lipinski definition) is 0. The van der Waals surface area contributed by atoms with Crippen molar-refractivity contribution in [3.63, 3.8) is 0 Å². The van der Waals surface area contributed by atoms with E-state index in [4.69, 9.17) is 5.26 Å². The summed E-state index contributed by atoms with van der Waals surface area (Å²) in [6.45, 7) is 0. The van der Waals surface area contributed by atoms with Crippen molar-refractivity contribution in [1.82, 2.24) is 0 Å². The number of nitriles is 1. The lowest BCUT2D eigenvalue weighted by atomic mass is 10.1. The smallest absolute Gasteiger partial charge is 0.337 e. The number of benzene rings is 1. The van der Waals surface area contributed by atoms with Crippen LogP contribution in [0.3, 0.4) is 0 Å². The summed E-state index contributed by atoms with van der Waals surface area (Å²) in [5.41, 5.74) is 0.195. The van der Waals surface area contributed by atoms with Crippen molar-refractivity contribution in [3.05, 3.63) is 35.1 Å². The molecule has 15 heavy (non-hydrogen) atoms. The van der Waals surface area contributed by atoms with Gasteiger partial charge in [-0.2, -0.15) is 5.26 Å². The second-order valence-corrected chi connectivity index (χ2v) is 2.55. The fourth-order valence-corrected chi connectivity index (χ4v) is 0.961. The second kappa shape index (κ2) is 4.78. The maximum atomic E-state index is 13.1. The number of esters is 1. The normalized spacial score (nSPS) is 8.33. The minimum Gasteiger partial charge on any atom is -0.465 e. The summed E-state index contributed by atoms with van der Waals surface area (Å²) >= 11 is 0. The first-order chi connectivity index (χ1) is 7.19. The number of methoxy groups -OCH3 is 1. The molecule has 0 heterocycles. The first-order valence-electron chi connectivity index (χ1n) is 3.97. The van der Waals surface area contributed by atoms with Crippen molar-refractivity contribution >= 4 is 5.97 Å². The predicted octanol–water partition coefficient (Wildman–Crippen LogP) is 1.49. The summed E-state index contributed by atoms with van der Waals surface area (Å²) < 4.78 is 17.6. The van der Waals surface area contributed by atoms with E-state index in [1.54, 1.807) is 6.07 Å². The molecule has 3 nitrogen and oxygen atoms in total. The molecule has 0 aromatic heterocycles. The van der Waals surface area contributed by atoms with E-state index in [-0.39, 0.29) is 11.1 Å². The second-order valence-electron chi connectivity index (χ2n) is 2.55. The van der Waals surface area contributed by atoms with E-state index in [1.807, 2.05) is 0 Å². The first kappa shape index (κ1) is 10.7. The highest BCUT2D eigenvalue weighted by Crippen LogP contribution is 2.10. The third-order valence-corrected chi connectivity index (χ3v) is 1.64. The number of halogens is 1. The highest BCUT2D eigenvalue weighted by Gasteiger charge is 2.08. The Labute approximate surface area is 86.1 Å². The van der Waals surface area contributed by atoms with Crippen LogP contribution in [0.2, 0.25) is 0 Å². The molecule has 1 aromatic carbocycles. The molecule has 0 unspecified atom stereocenters. The van der Waals surface area contributed by atoms with Crippen LogP contribution in [0, 0.1) is 29.0 Å². The number of nitrogens with zero attached hydrogens (tertiary/aromatic N) is 1. The summed E-state index contributed by atoms with van der Waals surface area (Å²) in [7, 11) is 1.23. The number of ether oxygens (including phenoxy) is 1. The molecule has 74 valence electrons. The number of rotatable bonds is 1. The van der Waals surface area contributed by atoms with E-state index >= 15 is 0 Å². The molecule has 1 aromatic rings. The lowest BCUT2D eigenvalue weighted by Crippen LogP contribution is -2.02. The molecule has 1 rings (SSSR count). The fraction of sp³-hybridized carbons (Fsp3) is 0.0909. The summed E-state index contributed by atoms with van der Waals surface area (Å²) in [4.78, 5) is 11.1. The Bertz CT molecular complexity index is 492. The molecule has 0 amide bonds. The molecule has 4 heteroatoms. The molecular weight excluding hydrogens is 197 g/mol. The summed E-state index contributed by atoms with van der Waals surface area (Å²) in [6.07, 6.45) is 0. The van der Waals surface area contributed by atoms with Crippen molar-refractivity contribution < 1.29 is 13.9 Å². The third kappa shape index (κ3) is 2.55. The molecule has 0 bridgehead atoms. The number of hydrogen-bond acceptors (Lipinski definition) is 3. The van der Waals surface area contributed by atoms with E-state index < -0.39 is 11.8 Å². The Morgan fingerprint density at radius 1 is 1.53 bits per heavy atom. The molecule has 0 aliphatic heterocycles. The molecule has 0 aliphatic carbocycles. The minimum absolute atomic E-state index is 0.000509. The van der Waals surface area contributed by atoms with Gasteiger partial charge in [0.1, 0.15) is 5.82 Å². The molecular formula is C11H6FNO2. The number of carbonyl (C=O) groups excluding carboxylic acids is 1. The van der Waals surface area contributed by atoms with Crippen LogP contribution in [0.15, 0.2) is 18.2 Å². The zero-order chi connectivity index (χ0) is 11.3. The first-order valence-corrected chi connectivity index (χ1v) is 3.97. The van der Waals surface area contributed by atoms with Gasteiger partial charge < -0.3 is 4.74 Å². The van der Waals surface area contributed by atoms with Crippen molar-refractivity contribution in [2.75, 3.05) is 7.11 Å². The lowest BCUT2D eigenvalue weighted by molar-refractivity contribution is 0.0600. The van der Waals surface area contributed by atoms with Crippen LogP contribution in [0.5, 0.6) is 0 Å². The van der Waals surface area contributed by atoms with Crippen molar-refractivity contribution in [3.8, 4) is 17.9 Å². The lowest BCUT2D eigenvalue weighted by Gasteiger charge is -2.00. The van der Waals surface area contributed by atoms with Crippen LogP contribution in [-0.4, -0.2) is 13.1 Å². The molecule has 0 radical (unpaired) electrons. The highest BCUT2D eigenvalue weighted by atomic mass is 19.1. The topological polar surface area (TPSA) is 50.1 Å². The zero-order valence-corrected chi connectivity index (χ0v) is 7.87. The van der Waals surface area contributed by atoms with Gasteiger partial charge in [-0.3, -0.25) is 0 Å². The SMILES string of the molecule is COC(=O)c1ccc(F)c(C#CC#N)c1. The maximum absolute atomic E-state index is 13.1. The predicted molar refractivity (Wildman–Crippen MR) is 50.2 cm³/mol. The summed E-state index contributed by atoms with van der Waals surface area (Å²) in [5.74, 6) is 3.19.